The van der Waals surface area contributed by atoms with Gasteiger partial charge in [-0.25, -0.2) is 8.42 Å². The van der Waals surface area contributed by atoms with Crippen molar-refractivity contribution in [2.45, 2.75) is 37.4 Å². The van der Waals surface area contributed by atoms with Crippen LogP contribution in [-0.2, 0) is 34.3 Å². The molecular formula is C25H26N2O4S. The van der Waals surface area contributed by atoms with E-state index in [4.69, 9.17) is 4.74 Å². The molecule has 0 aliphatic carbocycles. The number of nitrogens with zero attached hydrogens (tertiary/aromatic N) is 1. The largest absolute Gasteiger partial charge is 0.494 e. The van der Waals surface area contributed by atoms with E-state index in [2.05, 4.69) is 5.32 Å². The maximum absolute atomic E-state index is 13.6. The van der Waals surface area contributed by atoms with E-state index in [1.165, 1.54) is 16.4 Å². The lowest BCUT2D eigenvalue weighted by Crippen LogP contribution is -2.52. The van der Waals surface area contributed by atoms with Crippen molar-refractivity contribution in [1.29, 1.82) is 0 Å². The first kappa shape index (κ1) is 22.0. The highest BCUT2D eigenvalue weighted by molar-refractivity contribution is 7.89. The molecule has 7 heteroatoms. The summed E-state index contributed by atoms with van der Waals surface area (Å²) in [4.78, 5) is 13.3. The molecule has 0 radical (unpaired) electrons. The van der Waals surface area contributed by atoms with Crippen LogP contribution in [0.15, 0.2) is 83.8 Å². The number of fused-ring (bicyclic) bond motifs is 1. The van der Waals surface area contributed by atoms with Crippen LogP contribution in [0.4, 0.5) is 0 Å². The third kappa shape index (κ3) is 4.69. The summed E-state index contributed by atoms with van der Waals surface area (Å²) in [7, 11) is -3.90. The van der Waals surface area contributed by atoms with E-state index >= 15 is 0 Å². The molecule has 1 atom stereocenters. The molecule has 4 rings (SSSR count). The number of hydrogen-bond acceptors (Lipinski definition) is 4. The summed E-state index contributed by atoms with van der Waals surface area (Å²) in [5, 5.41) is 2.91. The van der Waals surface area contributed by atoms with Gasteiger partial charge in [0.15, 0.2) is 0 Å². The van der Waals surface area contributed by atoms with Crippen molar-refractivity contribution in [3.63, 3.8) is 0 Å². The van der Waals surface area contributed by atoms with Crippen LogP contribution in [0.2, 0.25) is 0 Å². The molecule has 0 aromatic heterocycles. The van der Waals surface area contributed by atoms with Crippen LogP contribution < -0.4 is 10.1 Å². The van der Waals surface area contributed by atoms with Gasteiger partial charge in [0.1, 0.15) is 11.8 Å². The molecule has 3 aromatic carbocycles. The smallest absolute Gasteiger partial charge is 0.244 e. The molecule has 0 saturated heterocycles. The predicted molar refractivity (Wildman–Crippen MR) is 123 cm³/mol. The number of rotatable bonds is 7. The van der Waals surface area contributed by atoms with Crippen LogP contribution in [-0.4, -0.2) is 31.3 Å². The summed E-state index contributed by atoms with van der Waals surface area (Å²) in [6, 6.07) is 22.7. The van der Waals surface area contributed by atoms with Gasteiger partial charge in [0.2, 0.25) is 15.9 Å². The zero-order chi connectivity index (χ0) is 22.6. The summed E-state index contributed by atoms with van der Waals surface area (Å²) in [6.07, 6.45) is 0.326. The summed E-state index contributed by atoms with van der Waals surface area (Å²) in [5.41, 5.74) is 2.86. The number of carbonyl (C=O) groups is 1. The van der Waals surface area contributed by atoms with Crippen molar-refractivity contribution in [3.8, 4) is 5.75 Å². The van der Waals surface area contributed by atoms with Gasteiger partial charge < -0.3 is 10.1 Å². The van der Waals surface area contributed by atoms with Crippen molar-refractivity contribution >= 4 is 15.9 Å². The van der Waals surface area contributed by atoms with Crippen LogP contribution in [0.5, 0.6) is 5.75 Å². The quantitative estimate of drug-likeness (QED) is 0.598. The molecule has 1 aliphatic rings. The molecule has 1 heterocycles. The van der Waals surface area contributed by atoms with Gasteiger partial charge >= 0.3 is 0 Å². The highest BCUT2D eigenvalue weighted by Crippen LogP contribution is 2.30. The molecule has 3 aromatic rings. The molecule has 1 unspecified atom stereocenters. The number of hydrogen-bond donors (Lipinski definition) is 1. The Labute approximate surface area is 188 Å². The average molecular weight is 451 g/mol. The van der Waals surface area contributed by atoms with Crippen LogP contribution in [0, 0.1) is 0 Å². The van der Waals surface area contributed by atoms with E-state index in [0.29, 0.717) is 25.3 Å². The van der Waals surface area contributed by atoms with Crippen LogP contribution in [0.25, 0.3) is 0 Å². The van der Waals surface area contributed by atoms with E-state index < -0.39 is 16.1 Å². The van der Waals surface area contributed by atoms with Crippen LogP contribution >= 0.6 is 0 Å². The van der Waals surface area contributed by atoms with E-state index in [0.717, 1.165) is 16.7 Å². The minimum absolute atomic E-state index is 0.140. The van der Waals surface area contributed by atoms with Crippen molar-refractivity contribution in [3.05, 3.63) is 95.6 Å². The fourth-order valence-electron chi connectivity index (χ4n) is 3.89. The number of ether oxygens (including phenoxy) is 1. The van der Waals surface area contributed by atoms with Gasteiger partial charge in [0, 0.05) is 13.1 Å². The average Bonchev–Trinajstić information content (AvgIpc) is 2.83. The number of amides is 1. The van der Waals surface area contributed by atoms with E-state index in [1.807, 2.05) is 61.5 Å². The molecular weight excluding hydrogens is 424 g/mol. The Hall–Kier alpha value is -3.16. The fourth-order valence-corrected chi connectivity index (χ4v) is 5.45. The standard InChI is InChI=1S/C25H26N2O4S/c1-2-31-22-12-14-23(15-13-22)32(29,30)27-18-21-11-7-6-10-20(21)16-24(27)25(28)26-17-19-8-4-3-5-9-19/h3-15,24H,2,16-18H2,1H3,(H,26,28). The summed E-state index contributed by atoms with van der Waals surface area (Å²) in [5.74, 6) is 0.297. The second kappa shape index (κ2) is 9.54. The van der Waals surface area contributed by atoms with Crippen LogP contribution in [0.3, 0.4) is 0 Å². The molecule has 1 aliphatic heterocycles. The van der Waals surface area contributed by atoms with Gasteiger partial charge in [-0.3, -0.25) is 4.79 Å². The van der Waals surface area contributed by atoms with Gasteiger partial charge in [0.25, 0.3) is 0 Å². The van der Waals surface area contributed by atoms with Gasteiger partial charge in [-0.15, -0.1) is 0 Å². The maximum Gasteiger partial charge on any atom is 0.244 e. The first-order chi connectivity index (χ1) is 15.5. The van der Waals surface area contributed by atoms with Gasteiger partial charge in [-0.1, -0.05) is 54.6 Å². The molecule has 0 spiro atoms. The van der Waals surface area contributed by atoms with Crippen LogP contribution in [0.1, 0.15) is 23.6 Å². The lowest BCUT2D eigenvalue weighted by Gasteiger charge is -2.35. The monoisotopic (exact) mass is 450 g/mol. The van der Waals surface area contributed by atoms with Crippen molar-refractivity contribution < 1.29 is 17.9 Å². The lowest BCUT2D eigenvalue weighted by molar-refractivity contribution is -0.125. The van der Waals surface area contributed by atoms with Crippen molar-refractivity contribution in [2.24, 2.45) is 0 Å². The van der Waals surface area contributed by atoms with Gasteiger partial charge in [0.05, 0.1) is 11.5 Å². The summed E-state index contributed by atoms with van der Waals surface area (Å²) in [6.45, 7) is 2.86. The molecule has 0 bridgehead atoms. The van der Waals surface area contributed by atoms with E-state index in [1.54, 1.807) is 12.1 Å². The summed E-state index contributed by atoms with van der Waals surface area (Å²) < 4.78 is 33.9. The Morgan fingerprint density at radius 3 is 2.31 bits per heavy atom. The highest BCUT2D eigenvalue weighted by Gasteiger charge is 2.39. The topological polar surface area (TPSA) is 75.7 Å². The molecule has 6 nitrogen and oxygen atoms in total. The maximum atomic E-state index is 13.6. The Morgan fingerprint density at radius 2 is 1.62 bits per heavy atom. The zero-order valence-electron chi connectivity index (χ0n) is 17.9. The number of sulfonamides is 1. The van der Waals surface area contributed by atoms with Gasteiger partial charge in [-0.2, -0.15) is 4.31 Å². The third-order valence-electron chi connectivity index (χ3n) is 5.56. The number of carbonyl (C=O) groups excluding carboxylic acids is 1. The Morgan fingerprint density at radius 1 is 0.969 bits per heavy atom. The highest BCUT2D eigenvalue weighted by atomic mass is 32.2. The van der Waals surface area contributed by atoms with E-state index in [9.17, 15) is 13.2 Å². The second-order valence-electron chi connectivity index (χ2n) is 7.65. The molecule has 1 N–H and O–H groups in total. The minimum Gasteiger partial charge on any atom is -0.494 e. The zero-order valence-corrected chi connectivity index (χ0v) is 18.7. The van der Waals surface area contributed by atoms with E-state index in [-0.39, 0.29) is 17.3 Å². The SMILES string of the molecule is CCOc1ccc(S(=O)(=O)N2Cc3ccccc3CC2C(=O)NCc2ccccc2)cc1. The predicted octanol–water partition coefficient (Wildman–Crippen LogP) is 3.52. The number of nitrogens with one attached hydrogen (secondary N) is 1. The minimum atomic E-state index is -3.90. The fraction of sp³-hybridized carbons (Fsp3) is 0.240. The lowest BCUT2D eigenvalue weighted by atomic mass is 9.95. The Bertz CT molecular complexity index is 1180. The molecule has 0 saturated carbocycles. The first-order valence-electron chi connectivity index (χ1n) is 10.6. The molecule has 166 valence electrons. The Kier molecular flexibility index (Phi) is 6.58. The molecule has 32 heavy (non-hydrogen) atoms. The van der Waals surface area contributed by atoms with Gasteiger partial charge in [-0.05, 0) is 54.3 Å². The first-order valence-corrected chi connectivity index (χ1v) is 12.1. The molecule has 0 fully saturated rings. The number of benzene rings is 3. The Balaban J connectivity index is 1.62. The van der Waals surface area contributed by atoms with Crippen molar-refractivity contribution in [2.75, 3.05) is 6.61 Å². The third-order valence-corrected chi connectivity index (χ3v) is 7.43. The van der Waals surface area contributed by atoms with Crippen molar-refractivity contribution in [1.82, 2.24) is 9.62 Å². The second-order valence-corrected chi connectivity index (χ2v) is 9.54. The summed E-state index contributed by atoms with van der Waals surface area (Å²) >= 11 is 0. The normalized spacial score (nSPS) is 16.2. The molecule has 1 amide bonds.